The van der Waals surface area contributed by atoms with Gasteiger partial charge in [-0.1, -0.05) is 0 Å². The number of benzene rings is 1. The second-order valence-corrected chi connectivity index (χ2v) is 4.55. The molecule has 0 unspecified atom stereocenters. The predicted octanol–water partition coefficient (Wildman–Crippen LogP) is 0.847. The summed E-state index contributed by atoms with van der Waals surface area (Å²) in [7, 11) is 1.59. The summed E-state index contributed by atoms with van der Waals surface area (Å²) in [6.45, 7) is 0.358. The minimum atomic E-state index is -0.409. The Morgan fingerprint density at radius 1 is 1.36 bits per heavy atom. The summed E-state index contributed by atoms with van der Waals surface area (Å²) in [5.74, 6) is 0.390. The lowest BCUT2D eigenvalue weighted by Gasteiger charge is -2.08. The third-order valence-electron chi connectivity index (χ3n) is 3.02. The molecule has 1 amide bonds. The smallest absolute Gasteiger partial charge is 0.273 e. The Bertz CT molecular complexity index is 644. The lowest BCUT2D eigenvalue weighted by Crippen LogP contribution is -2.27. The van der Waals surface area contributed by atoms with Gasteiger partial charge >= 0.3 is 0 Å². The van der Waals surface area contributed by atoms with Crippen molar-refractivity contribution in [3.63, 3.8) is 0 Å². The van der Waals surface area contributed by atoms with E-state index in [1.54, 1.807) is 19.2 Å². The first-order valence-corrected chi connectivity index (χ1v) is 6.81. The van der Waals surface area contributed by atoms with E-state index in [4.69, 9.17) is 15.6 Å². The first-order valence-electron chi connectivity index (χ1n) is 6.81. The topological polar surface area (TPSA) is 110 Å². The van der Waals surface area contributed by atoms with Crippen molar-refractivity contribution >= 4 is 11.7 Å². The van der Waals surface area contributed by atoms with E-state index in [-0.39, 0.29) is 18.1 Å². The van der Waals surface area contributed by atoms with Gasteiger partial charge in [0.25, 0.3) is 5.91 Å². The summed E-state index contributed by atoms with van der Waals surface area (Å²) in [6.07, 6.45) is 1.99. The highest BCUT2D eigenvalue weighted by Gasteiger charge is 2.14. The largest absolute Gasteiger partial charge is 0.497 e. The van der Waals surface area contributed by atoms with Crippen LogP contribution in [-0.4, -0.2) is 41.2 Å². The number of anilines is 1. The number of nitrogen functional groups attached to an aromatic ring is 1. The number of nitrogens with two attached hydrogens (primary N) is 1. The number of ether oxygens (including phenoxy) is 1. The van der Waals surface area contributed by atoms with Gasteiger partial charge in [-0.15, -0.1) is 0 Å². The van der Waals surface area contributed by atoms with E-state index in [1.165, 1.54) is 6.20 Å². The van der Waals surface area contributed by atoms with E-state index in [0.717, 1.165) is 11.3 Å². The van der Waals surface area contributed by atoms with Gasteiger partial charge < -0.3 is 20.9 Å². The number of nitrogens with one attached hydrogen (secondary N) is 1. The van der Waals surface area contributed by atoms with Gasteiger partial charge in [-0.25, -0.2) is 9.97 Å². The van der Waals surface area contributed by atoms with E-state index >= 15 is 0 Å². The lowest BCUT2D eigenvalue weighted by atomic mass is 10.1. The average molecular weight is 302 g/mol. The Kier molecular flexibility index (Phi) is 5.26. The molecule has 0 radical (unpaired) electrons. The molecule has 0 fully saturated rings. The highest BCUT2D eigenvalue weighted by molar-refractivity contribution is 5.96. The maximum atomic E-state index is 12.0. The number of carbonyl (C=O) groups is 1. The number of nitrogens with zero attached hydrogens (tertiary/aromatic N) is 2. The molecule has 0 atom stereocenters. The molecule has 1 aromatic heterocycles. The zero-order valence-electron chi connectivity index (χ0n) is 12.2. The number of methoxy groups -OCH3 is 1. The standard InChI is InChI=1S/C15H18N4O3/c1-22-11-5-3-10(4-6-11)12-9-18-14(16)13(19-12)15(21)17-7-2-8-20/h3-6,9,20H,2,7-8H2,1H3,(H2,16,18)(H,17,21). The lowest BCUT2D eigenvalue weighted by molar-refractivity contribution is 0.0947. The van der Waals surface area contributed by atoms with Crippen molar-refractivity contribution < 1.29 is 14.6 Å². The van der Waals surface area contributed by atoms with Crippen molar-refractivity contribution in [2.75, 3.05) is 26.0 Å². The molecule has 7 nitrogen and oxygen atoms in total. The Hall–Kier alpha value is -2.67. The molecule has 0 aliphatic carbocycles. The van der Waals surface area contributed by atoms with Crippen LogP contribution in [0, 0.1) is 0 Å². The van der Waals surface area contributed by atoms with Gasteiger partial charge in [-0.2, -0.15) is 0 Å². The highest BCUT2D eigenvalue weighted by atomic mass is 16.5. The number of aliphatic hydroxyl groups is 1. The number of hydrogen-bond donors (Lipinski definition) is 3. The van der Waals surface area contributed by atoms with Crippen molar-refractivity contribution in [3.8, 4) is 17.0 Å². The molecule has 2 rings (SSSR count). The summed E-state index contributed by atoms with van der Waals surface area (Å²) >= 11 is 0. The van der Waals surface area contributed by atoms with Crippen LogP contribution >= 0.6 is 0 Å². The molecule has 22 heavy (non-hydrogen) atoms. The SMILES string of the molecule is COc1ccc(-c2cnc(N)c(C(=O)NCCCO)n2)cc1. The zero-order valence-corrected chi connectivity index (χ0v) is 12.2. The van der Waals surface area contributed by atoms with Gasteiger partial charge in [-0.05, 0) is 30.7 Å². The maximum Gasteiger partial charge on any atom is 0.273 e. The molecule has 0 saturated heterocycles. The Labute approximate surface area is 128 Å². The molecule has 4 N–H and O–H groups in total. The van der Waals surface area contributed by atoms with Crippen LogP contribution in [0.2, 0.25) is 0 Å². The number of hydrogen-bond acceptors (Lipinski definition) is 6. The van der Waals surface area contributed by atoms with E-state index in [1.807, 2.05) is 12.1 Å². The van der Waals surface area contributed by atoms with Gasteiger partial charge in [0, 0.05) is 18.7 Å². The summed E-state index contributed by atoms with van der Waals surface area (Å²) in [6, 6.07) is 7.25. The molecule has 0 aliphatic rings. The van der Waals surface area contributed by atoms with Crippen LogP contribution in [0.25, 0.3) is 11.3 Å². The minimum absolute atomic E-state index is 0.00727. The van der Waals surface area contributed by atoms with Gasteiger partial charge in [0.05, 0.1) is 19.0 Å². The molecule has 1 heterocycles. The van der Waals surface area contributed by atoms with Gasteiger partial charge in [-0.3, -0.25) is 4.79 Å². The molecule has 1 aromatic carbocycles. The van der Waals surface area contributed by atoms with Crippen molar-refractivity contribution in [2.24, 2.45) is 0 Å². The van der Waals surface area contributed by atoms with Crippen molar-refractivity contribution in [1.82, 2.24) is 15.3 Å². The molecule has 2 aromatic rings. The molecule has 0 bridgehead atoms. The average Bonchev–Trinajstić information content (AvgIpc) is 2.55. The van der Waals surface area contributed by atoms with E-state index < -0.39 is 5.91 Å². The maximum absolute atomic E-state index is 12.0. The number of aromatic nitrogens is 2. The van der Waals surface area contributed by atoms with Crippen molar-refractivity contribution in [2.45, 2.75) is 6.42 Å². The fraction of sp³-hybridized carbons (Fsp3) is 0.267. The molecular weight excluding hydrogens is 284 g/mol. The molecule has 0 saturated carbocycles. The quantitative estimate of drug-likeness (QED) is 0.682. The molecule has 116 valence electrons. The number of amides is 1. The summed E-state index contributed by atoms with van der Waals surface area (Å²) < 4.78 is 5.10. The fourth-order valence-electron chi connectivity index (χ4n) is 1.83. The molecule has 7 heteroatoms. The van der Waals surface area contributed by atoms with Crippen LogP contribution in [-0.2, 0) is 0 Å². The zero-order chi connectivity index (χ0) is 15.9. The minimum Gasteiger partial charge on any atom is -0.497 e. The normalized spacial score (nSPS) is 10.3. The van der Waals surface area contributed by atoms with Crippen LogP contribution in [0.15, 0.2) is 30.5 Å². The first-order chi connectivity index (χ1) is 10.7. The van der Waals surface area contributed by atoms with Crippen molar-refractivity contribution in [3.05, 3.63) is 36.2 Å². The van der Waals surface area contributed by atoms with Gasteiger partial charge in [0.1, 0.15) is 5.75 Å². The summed E-state index contributed by atoms with van der Waals surface area (Å²) in [5.41, 5.74) is 7.14. The first kappa shape index (κ1) is 15.7. The predicted molar refractivity (Wildman–Crippen MR) is 82.5 cm³/mol. The molecule has 0 aliphatic heterocycles. The van der Waals surface area contributed by atoms with Crippen LogP contribution in [0.3, 0.4) is 0 Å². The highest BCUT2D eigenvalue weighted by Crippen LogP contribution is 2.21. The third-order valence-corrected chi connectivity index (χ3v) is 3.02. The van der Waals surface area contributed by atoms with Gasteiger partial charge in [0.2, 0.25) is 0 Å². The van der Waals surface area contributed by atoms with Gasteiger partial charge in [0.15, 0.2) is 11.5 Å². The Morgan fingerprint density at radius 3 is 2.73 bits per heavy atom. The molecule has 0 spiro atoms. The third kappa shape index (κ3) is 3.70. The van der Waals surface area contributed by atoms with E-state index in [2.05, 4.69) is 15.3 Å². The summed E-state index contributed by atoms with van der Waals surface area (Å²) in [4.78, 5) is 20.3. The number of rotatable bonds is 6. The second kappa shape index (κ2) is 7.37. The van der Waals surface area contributed by atoms with Crippen LogP contribution in [0.5, 0.6) is 5.75 Å². The van der Waals surface area contributed by atoms with Crippen molar-refractivity contribution in [1.29, 1.82) is 0 Å². The fourth-order valence-corrected chi connectivity index (χ4v) is 1.83. The number of carbonyl (C=O) groups excluding carboxylic acids is 1. The number of aliphatic hydroxyl groups excluding tert-OH is 1. The Balaban J connectivity index is 2.23. The summed E-state index contributed by atoms with van der Waals surface area (Å²) in [5, 5.41) is 11.4. The second-order valence-electron chi connectivity index (χ2n) is 4.55. The molecular formula is C15H18N4O3. The van der Waals surface area contributed by atoms with E-state index in [9.17, 15) is 4.79 Å². The van der Waals surface area contributed by atoms with Crippen LogP contribution < -0.4 is 15.8 Å². The van der Waals surface area contributed by atoms with Crippen LogP contribution in [0.1, 0.15) is 16.9 Å². The van der Waals surface area contributed by atoms with Crippen LogP contribution in [0.4, 0.5) is 5.82 Å². The Morgan fingerprint density at radius 2 is 2.09 bits per heavy atom. The monoisotopic (exact) mass is 302 g/mol. The van der Waals surface area contributed by atoms with E-state index in [0.29, 0.717) is 18.7 Å².